The Hall–Kier alpha value is -1.32. The Balaban J connectivity index is 1.88. The summed E-state index contributed by atoms with van der Waals surface area (Å²) in [6, 6.07) is 9.16. The summed E-state index contributed by atoms with van der Waals surface area (Å²) in [6.45, 7) is 4.96. The molecular weight excluding hydrogens is 272 g/mol. The van der Waals surface area contributed by atoms with E-state index in [1.54, 1.807) is 0 Å². The van der Waals surface area contributed by atoms with E-state index in [1.807, 2.05) is 0 Å². The summed E-state index contributed by atoms with van der Waals surface area (Å²) in [5.74, 6) is 0. The molecule has 3 heterocycles. The van der Waals surface area contributed by atoms with Crippen LogP contribution in [0.4, 0.5) is 0 Å². The van der Waals surface area contributed by atoms with Gasteiger partial charge in [0.05, 0.1) is 6.04 Å². The predicted octanol–water partition coefficient (Wildman–Crippen LogP) is 3.64. The maximum absolute atomic E-state index is 9.66. The van der Waals surface area contributed by atoms with Crippen molar-refractivity contribution in [2.75, 3.05) is 19.7 Å². The van der Waals surface area contributed by atoms with Crippen LogP contribution >= 0.6 is 0 Å². The lowest BCUT2D eigenvalue weighted by Gasteiger charge is -2.52. The quantitative estimate of drug-likeness (QED) is 0.908. The zero-order chi connectivity index (χ0) is 15.2. The number of aromatic amines is 1. The summed E-state index contributed by atoms with van der Waals surface area (Å²) in [6.07, 6.45) is 5.71. The number of hydrogen-bond donors (Lipinski definition) is 2. The third-order valence-corrected chi connectivity index (χ3v) is 6.15. The molecule has 1 saturated heterocycles. The van der Waals surface area contributed by atoms with Crippen molar-refractivity contribution >= 4 is 10.9 Å². The number of aliphatic hydroxyl groups excluding tert-OH is 1. The molecule has 0 saturated carbocycles. The molecule has 118 valence electrons. The summed E-state index contributed by atoms with van der Waals surface area (Å²) in [5, 5.41) is 11.1. The summed E-state index contributed by atoms with van der Waals surface area (Å²) in [4.78, 5) is 6.41. The van der Waals surface area contributed by atoms with Gasteiger partial charge in [0.1, 0.15) is 0 Å². The van der Waals surface area contributed by atoms with E-state index in [4.69, 9.17) is 0 Å². The number of benzene rings is 1. The molecule has 0 spiro atoms. The van der Waals surface area contributed by atoms with Gasteiger partial charge in [0.15, 0.2) is 0 Å². The number of aromatic nitrogens is 1. The van der Waals surface area contributed by atoms with Crippen LogP contribution in [0.5, 0.6) is 0 Å². The normalized spacial score (nSPS) is 28.5. The second kappa shape index (κ2) is 5.39. The van der Waals surface area contributed by atoms with E-state index < -0.39 is 0 Å². The van der Waals surface area contributed by atoms with Gasteiger partial charge < -0.3 is 10.1 Å². The number of para-hydroxylation sites is 1. The highest BCUT2D eigenvalue weighted by Crippen LogP contribution is 2.53. The van der Waals surface area contributed by atoms with Crippen molar-refractivity contribution in [2.24, 2.45) is 5.41 Å². The Morgan fingerprint density at radius 2 is 2.18 bits per heavy atom. The minimum atomic E-state index is 0.225. The van der Waals surface area contributed by atoms with Gasteiger partial charge in [-0.15, -0.1) is 0 Å². The Morgan fingerprint density at radius 1 is 1.32 bits per heavy atom. The molecule has 0 radical (unpaired) electrons. The van der Waals surface area contributed by atoms with Crippen molar-refractivity contribution in [3.8, 4) is 0 Å². The molecule has 0 amide bonds. The van der Waals surface area contributed by atoms with Crippen LogP contribution in [0.15, 0.2) is 24.3 Å². The molecule has 1 unspecified atom stereocenters. The molecule has 2 atom stereocenters. The summed E-state index contributed by atoms with van der Waals surface area (Å²) >= 11 is 0. The minimum Gasteiger partial charge on any atom is -0.396 e. The molecule has 1 aromatic heterocycles. The van der Waals surface area contributed by atoms with Crippen molar-refractivity contribution in [2.45, 2.75) is 45.1 Å². The van der Waals surface area contributed by atoms with Gasteiger partial charge in [-0.2, -0.15) is 0 Å². The predicted molar refractivity (Wildman–Crippen MR) is 90.0 cm³/mol. The highest BCUT2D eigenvalue weighted by Gasteiger charge is 2.46. The number of nitrogens with one attached hydrogen (secondary N) is 1. The van der Waals surface area contributed by atoms with Crippen molar-refractivity contribution in [3.05, 3.63) is 35.5 Å². The van der Waals surface area contributed by atoms with Gasteiger partial charge in [0.2, 0.25) is 0 Å². The smallest absolute Gasteiger partial charge is 0.0559 e. The van der Waals surface area contributed by atoms with Gasteiger partial charge in [-0.3, -0.25) is 4.90 Å². The third kappa shape index (κ3) is 1.95. The number of aliphatic hydroxyl groups is 1. The fourth-order valence-corrected chi connectivity index (χ4v) is 5.03. The van der Waals surface area contributed by atoms with Crippen molar-refractivity contribution < 1.29 is 5.11 Å². The summed E-state index contributed by atoms with van der Waals surface area (Å²) in [5.41, 5.74) is 4.45. The zero-order valence-corrected chi connectivity index (χ0v) is 13.4. The SMILES string of the molecule is CC[C@@]1(CCO)CCCN2CCc3c([nH]c4ccccc34)C21. The molecule has 4 rings (SSSR count). The maximum atomic E-state index is 9.66. The van der Waals surface area contributed by atoms with E-state index >= 15 is 0 Å². The Bertz CT molecular complexity index is 673. The molecule has 0 aliphatic carbocycles. The molecule has 3 nitrogen and oxygen atoms in total. The first kappa shape index (κ1) is 14.3. The first-order valence-electron chi connectivity index (χ1n) is 8.73. The lowest BCUT2D eigenvalue weighted by Crippen LogP contribution is -2.49. The number of nitrogens with zero attached hydrogens (tertiary/aromatic N) is 1. The molecule has 22 heavy (non-hydrogen) atoms. The van der Waals surface area contributed by atoms with E-state index in [0.717, 1.165) is 25.8 Å². The van der Waals surface area contributed by atoms with Crippen LogP contribution in [-0.2, 0) is 6.42 Å². The molecule has 3 heteroatoms. The Labute approximate surface area is 132 Å². The average molecular weight is 298 g/mol. The molecular formula is C19H26N2O. The second-order valence-corrected chi connectivity index (χ2v) is 7.04. The number of H-pyrrole nitrogens is 1. The molecule has 2 aliphatic rings. The van der Waals surface area contributed by atoms with E-state index in [2.05, 4.69) is 41.1 Å². The molecule has 2 aliphatic heterocycles. The standard InChI is InChI=1S/C19H26N2O/c1-2-19(10-13-22)9-5-11-21-12-8-15-14-6-3-4-7-16(14)20-17(15)18(19)21/h3-4,6-7,18,20,22H,2,5,8-13H2,1H3/t18?,19-/m0/s1. The monoisotopic (exact) mass is 298 g/mol. The van der Waals surface area contributed by atoms with Crippen LogP contribution in [0.25, 0.3) is 10.9 Å². The third-order valence-electron chi connectivity index (χ3n) is 6.15. The molecule has 2 aromatic rings. The zero-order valence-electron chi connectivity index (χ0n) is 13.4. The maximum Gasteiger partial charge on any atom is 0.0559 e. The van der Waals surface area contributed by atoms with Crippen LogP contribution in [0.2, 0.25) is 0 Å². The highest BCUT2D eigenvalue weighted by molar-refractivity contribution is 5.85. The first-order valence-corrected chi connectivity index (χ1v) is 8.73. The molecule has 1 aromatic carbocycles. The van der Waals surface area contributed by atoms with Crippen LogP contribution < -0.4 is 0 Å². The number of fused-ring (bicyclic) bond motifs is 5. The highest BCUT2D eigenvalue weighted by atomic mass is 16.3. The summed E-state index contributed by atoms with van der Waals surface area (Å²) in [7, 11) is 0. The molecule has 0 bridgehead atoms. The van der Waals surface area contributed by atoms with Gasteiger partial charge in [-0.25, -0.2) is 0 Å². The Kier molecular flexibility index (Phi) is 3.50. The number of piperidine rings is 1. The molecule has 1 fully saturated rings. The van der Waals surface area contributed by atoms with Crippen molar-refractivity contribution in [1.82, 2.24) is 9.88 Å². The number of hydrogen-bond acceptors (Lipinski definition) is 2. The van der Waals surface area contributed by atoms with E-state index in [-0.39, 0.29) is 5.41 Å². The number of rotatable bonds is 3. The van der Waals surface area contributed by atoms with Crippen LogP contribution in [0.1, 0.15) is 49.9 Å². The van der Waals surface area contributed by atoms with Gasteiger partial charge in [-0.1, -0.05) is 25.1 Å². The largest absolute Gasteiger partial charge is 0.396 e. The van der Waals surface area contributed by atoms with Crippen LogP contribution in [-0.4, -0.2) is 34.7 Å². The Morgan fingerprint density at radius 3 is 3.00 bits per heavy atom. The topological polar surface area (TPSA) is 39.3 Å². The second-order valence-electron chi connectivity index (χ2n) is 7.04. The summed E-state index contributed by atoms with van der Waals surface area (Å²) < 4.78 is 0. The van der Waals surface area contributed by atoms with Crippen molar-refractivity contribution in [1.29, 1.82) is 0 Å². The lowest BCUT2D eigenvalue weighted by molar-refractivity contribution is -0.0169. The van der Waals surface area contributed by atoms with Gasteiger partial charge in [0.25, 0.3) is 0 Å². The van der Waals surface area contributed by atoms with E-state index in [9.17, 15) is 5.11 Å². The van der Waals surface area contributed by atoms with E-state index in [0.29, 0.717) is 12.6 Å². The average Bonchev–Trinajstić information content (AvgIpc) is 2.93. The van der Waals surface area contributed by atoms with Crippen molar-refractivity contribution in [3.63, 3.8) is 0 Å². The lowest BCUT2D eigenvalue weighted by atomic mass is 9.66. The van der Waals surface area contributed by atoms with Gasteiger partial charge >= 0.3 is 0 Å². The molecule has 2 N–H and O–H groups in total. The van der Waals surface area contributed by atoms with Crippen LogP contribution in [0.3, 0.4) is 0 Å². The fourth-order valence-electron chi connectivity index (χ4n) is 5.03. The fraction of sp³-hybridized carbons (Fsp3) is 0.579. The minimum absolute atomic E-state index is 0.225. The van der Waals surface area contributed by atoms with Gasteiger partial charge in [0, 0.05) is 29.7 Å². The first-order chi connectivity index (χ1) is 10.8. The van der Waals surface area contributed by atoms with E-state index in [1.165, 1.54) is 41.5 Å². The van der Waals surface area contributed by atoms with Crippen LogP contribution in [0, 0.1) is 5.41 Å². The van der Waals surface area contributed by atoms with Gasteiger partial charge in [-0.05, 0) is 55.7 Å².